The number of hydrogen-bond donors (Lipinski definition) is 2. The number of benzene rings is 3. The fraction of sp³-hybridized carbons (Fsp3) is 0.208. The van der Waals surface area contributed by atoms with E-state index in [1.165, 1.54) is 12.1 Å². The van der Waals surface area contributed by atoms with Crippen LogP contribution in [0.1, 0.15) is 42.0 Å². The Kier molecular flexibility index (Phi) is 9.52. The summed E-state index contributed by atoms with van der Waals surface area (Å²) in [6.07, 6.45) is 0.964. The zero-order valence-electron chi connectivity index (χ0n) is 17.2. The molecular weight excluding hydrogens is 529 g/mol. The lowest BCUT2D eigenvalue weighted by Crippen LogP contribution is -1.99. The van der Waals surface area contributed by atoms with Crippen LogP contribution in [0.2, 0.25) is 0 Å². The Morgan fingerprint density at radius 3 is 2.29 bits per heavy atom. The first-order valence-electron chi connectivity index (χ1n) is 9.57. The summed E-state index contributed by atoms with van der Waals surface area (Å²) in [7, 11) is 0. The highest BCUT2D eigenvalue weighted by atomic mass is 79.9. The average Bonchev–Trinajstić information content (AvgIpc) is 2.71. The van der Waals surface area contributed by atoms with Gasteiger partial charge < -0.3 is 15.6 Å². The first kappa shape index (κ1) is 24.9. The van der Waals surface area contributed by atoms with Crippen LogP contribution in [0, 0.1) is 5.82 Å². The number of rotatable bonds is 6. The number of carbonyl (C=O) groups excluding carboxylic acids is 1. The van der Waals surface area contributed by atoms with Gasteiger partial charge in [-0.2, -0.15) is 0 Å². The maximum atomic E-state index is 13.3. The fourth-order valence-electron chi connectivity index (χ4n) is 3.01. The molecule has 4 nitrogen and oxygen atoms in total. The Labute approximate surface area is 198 Å². The Morgan fingerprint density at radius 2 is 1.71 bits per heavy atom. The van der Waals surface area contributed by atoms with Gasteiger partial charge >= 0.3 is 0 Å². The van der Waals surface area contributed by atoms with Gasteiger partial charge in [-0.25, -0.2) is 4.39 Å². The van der Waals surface area contributed by atoms with E-state index >= 15 is 0 Å². The van der Waals surface area contributed by atoms with E-state index in [1.807, 2.05) is 30.3 Å². The van der Waals surface area contributed by atoms with Crippen molar-refractivity contribution >= 4 is 38.3 Å². The van der Waals surface area contributed by atoms with E-state index in [2.05, 4.69) is 51.4 Å². The van der Waals surface area contributed by atoms with E-state index in [9.17, 15) is 9.50 Å². The number of amides is 1. The third kappa shape index (κ3) is 7.36. The summed E-state index contributed by atoms with van der Waals surface area (Å²) in [6, 6.07) is 16.0. The molecule has 0 atom stereocenters. The van der Waals surface area contributed by atoms with E-state index in [0.29, 0.717) is 24.5 Å². The van der Waals surface area contributed by atoms with Crippen molar-refractivity contribution in [3.8, 4) is 11.5 Å². The predicted molar refractivity (Wildman–Crippen MR) is 128 cm³/mol. The highest BCUT2D eigenvalue weighted by Gasteiger charge is 2.12. The molecule has 7 heteroatoms. The molecule has 0 saturated heterocycles. The number of ether oxygens (including phenoxy) is 1. The molecule has 0 spiro atoms. The smallest absolute Gasteiger partial charge is 0.204 e. The minimum Gasteiger partial charge on any atom is -0.508 e. The van der Waals surface area contributed by atoms with E-state index in [-0.39, 0.29) is 18.1 Å². The summed E-state index contributed by atoms with van der Waals surface area (Å²) in [5.41, 5.74) is 8.11. The summed E-state index contributed by atoms with van der Waals surface area (Å²) < 4.78 is 21.0. The molecule has 0 unspecified atom stereocenters. The molecule has 3 aromatic carbocycles. The van der Waals surface area contributed by atoms with Gasteiger partial charge in [0.15, 0.2) is 0 Å². The van der Waals surface area contributed by atoms with Gasteiger partial charge in [-0.15, -0.1) is 0 Å². The summed E-state index contributed by atoms with van der Waals surface area (Å²) in [5, 5.41) is 10.0. The SMILES string of the molecule is CC(C)c1cc(Cc2c(Br)cc(OCc3cccc(F)c3)cc2Br)ccc1O.NC=O. The van der Waals surface area contributed by atoms with Gasteiger partial charge in [0.05, 0.1) is 0 Å². The van der Waals surface area contributed by atoms with Crippen LogP contribution in [0.3, 0.4) is 0 Å². The number of phenolic OH excluding ortho intramolecular Hbond substituents is 1. The lowest BCUT2D eigenvalue weighted by atomic mass is 9.96. The molecule has 0 bridgehead atoms. The summed E-state index contributed by atoms with van der Waals surface area (Å²) >= 11 is 7.27. The number of hydrogen-bond acceptors (Lipinski definition) is 3. The predicted octanol–water partition coefficient (Wildman–Crippen LogP) is 6.45. The maximum absolute atomic E-state index is 13.3. The number of nitrogens with two attached hydrogens (primary N) is 1. The lowest BCUT2D eigenvalue weighted by Gasteiger charge is -2.14. The van der Waals surface area contributed by atoms with Crippen molar-refractivity contribution in [3.63, 3.8) is 0 Å². The largest absolute Gasteiger partial charge is 0.508 e. The van der Waals surface area contributed by atoms with Gasteiger partial charge in [0.25, 0.3) is 0 Å². The van der Waals surface area contributed by atoms with Gasteiger partial charge in [-0.1, -0.05) is 70.0 Å². The third-order valence-corrected chi connectivity index (χ3v) is 5.92. The molecule has 0 aliphatic heterocycles. The molecule has 0 aromatic heterocycles. The number of primary amides is 1. The van der Waals surface area contributed by atoms with Crippen LogP contribution in [0.25, 0.3) is 0 Å². The Morgan fingerprint density at radius 1 is 1.06 bits per heavy atom. The molecule has 164 valence electrons. The number of halogens is 3. The summed E-state index contributed by atoms with van der Waals surface area (Å²) in [5.74, 6) is 1.01. The van der Waals surface area contributed by atoms with Gasteiger partial charge in [0.1, 0.15) is 23.9 Å². The highest BCUT2D eigenvalue weighted by molar-refractivity contribution is 9.11. The molecule has 3 N–H and O–H groups in total. The van der Waals surface area contributed by atoms with Gasteiger partial charge in [0.2, 0.25) is 6.41 Å². The first-order valence-corrected chi connectivity index (χ1v) is 11.2. The van der Waals surface area contributed by atoms with Crippen LogP contribution in [0.5, 0.6) is 11.5 Å². The van der Waals surface area contributed by atoms with Crippen LogP contribution in [-0.2, 0) is 17.8 Å². The Balaban J connectivity index is 0.00000107. The summed E-state index contributed by atoms with van der Waals surface area (Å²) in [6.45, 7) is 4.43. The second-order valence-corrected chi connectivity index (χ2v) is 8.85. The molecule has 0 aliphatic carbocycles. The molecule has 1 amide bonds. The van der Waals surface area contributed by atoms with Gasteiger partial charge in [0, 0.05) is 8.95 Å². The number of carbonyl (C=O) groups is 1. The van der Waals surface area contributed by atoms with Crippen LogP contribution in [0.4, 0.5) is 4.39 Å². The van der Waals surface area contributed by atoms with Crippen molar-refractivity contribution in [2.45, 2.75) is 32.8 Å². The van der Waals surface area contributed by atoms with Crippen molar-refractivity contribution in [1.82, 2.24) is 0 Å². The number of phenols is 1. The van der Waals surface area contributed by atoms with Gasteiger partial charge in [-0.3, -0.25) is 4.79 Å². The minimum atomic E-state index is -0.270. The standard InChI is InChI=1S/C23H21Br2FO2.CH3NO/c1-14(2)19-9-15(6-7-23(19)27)10-20-21(24)11-18(12-22(20)25)28-13-16-4-3-5-17(26)8-16;2-1-3/h3-9,11-12,14,27H,10,13H2,1-2H3;1H,(H2,2,3). The monoisotopic (exact) mass is 551 g/mol. The zero-order chi connectivity index (χ0) is 23.0. The lowest BCUT2D eigenvalue weighted by molar-refractivity contribution is -0.106. The second kappa shape index (κ2) is 11.9. The normalized spacial score (nSPS) is 10.4. The average molecular weight is 553 g/mol. The van der Waals surface area contributed by atoms with Crippen molar-refractivity contribution in [2.24, 2.45) is 5.73 Å². The quantitative estimate of drug-likeness (QED) is 0.345. The molecule has 3 rings (SSSR count). The second-order valence-electron chi connectivity index (χ2n) is 7.14. The minimum absolute atomic E-state index is 0.250. The molecule has 0 radical (unpaired) electrons. The topological polar surface area (TPSA) is 72.6 Å². The van der Waals surface area contributed by atoms with E-state index < -0.39 is 0 Å². The molecular formula is C24H24Br2FNO3. The molecule has 0 heterocycles. The van der Waals surface area contributed by atoms with Gasteiger partial charge in [-0.05, 0) is 64.9 Å². The van der Waals surface area contributed by atoms with Crippen molar-refractivity contribution in [3.05, 3.63) is 91.6 Å². The van der Waals surface area contributed by atoms with Crippen LogP contribution in [-0.4, -0.2) is 11.5 Å². The molecule has 3 aromatic rings. The Hall–Kier alpha value is -2.38. The van der Waals surface area contributed by atoms with Crippen molar-refractivity contribution in [1.29, 1.82) is 0 Å². The fourth-order valence-corrected chi connectivity index (χ4v) is 4.43. The Bertz CT molecular complexity index is 1020. The third-order valence-electron chi connectivity index (χ3n) is 4.50. The van der Waals surface area contributed by atoms with Crippen LogP contribution in [0.15, 0.2) is 63.5 Å². The molecule has 0 fully saturated rings. The molecule has 0 saturated carbocycles. The first-order chi connectivity index (χ1) is 14.7. The van der Waals surface area contributed by atoms with Crippen molar-refractivity contribution in [2.75, 3.05) is 0 Å². The molecule has 31 heavy (non-hydrogen) atoms. The molecule has 0 aliphatic rings. The van der Waals surface area contributed by atoms with Crippen LogP contribution < -0.4 is 10.5 Å². The summed E-state index contributed by atoms with van der Waals surface area (Å²) in [4.78, 5) is 8.58. The van der Waals surface area contributed by atoms with E-state index in [1.54, 1.807) is 12.1 Å². The zero-order valence-corrected chi connectivity index (χ0v) is 20.4. The van der Waals surface area contributed by atoms with E-state index in [4.69, 9.17) is 9.53 Å². The van der Waals surface area contributed by atoms with Crippen molar-refractivity contribution < 1.29 is 19.0 Å². The maximum Gasteiger partial charge on any atom is 0.204 e. The number of aromatic hydroxyl groups is 1. The highest BCUT2D eigenvalue weighted by Crippen LogP contribution is 2.34. The van der Waals surface area contributed by atoms with Crippen LogP contribution >= 0.6 is 31.9 Å². The van der Waals surface area contributed by atoms with E-state index in [0.717, 1.165) is 31.2 Å².